The lowest BCUT2D eigenvalue weighted by molar-refractivity contribution is 0.0724. The summed E-state index contributed by atoms with van der Waals surface area (Å²) < 4.78 is 0. The third-order valence-electron chi connectivity index (χ3n) is 3.45. The van der Waals surface area contributed by atoms with Crippen LogP contribution in [0, 0.1) is 0 Å². The number of likely N-dealkylation sites (tertiary alicyclic amines) is 1. The van der Waals surface area contributed by atoms with Crippen LogP contribution in [-0.2, 0) is 5.41 Å². The van der Waals surface area contributed by atoms with E-state index in [2.05, 4.69) is 25.8 Å². The van der Waals surface area contributed by atoms with Crippen LogP contribution >= 0.6 is 11.6 Å². The van der Waals surface area contributed by atoms with E-state index >= 15 is 0 Å². The molecule has 0 saturated carbocycles. The summed E-state index contributed by atoms with van der Waals surface area (Å²) in [6, 6.07) is 3.55. The molecule has 0 unspecified atom stereocenters. The molecular weight excluding hydrogens is 260 g/mol. The van der Waals surface area contributed by atoms with E-state index in [1.54, 1.807) is 6.07 Å². The van der Waals surface area contributed by atoms with Crippen molar-refractivity contribution < 1.29 is 4.79 Å². The van der Waals surface area contributed by atoms with Gasteiger partial charge < -0.3 is 4.90 Å². The molecule has 1 aliphatic rings. The molecule has 2 rings (SSSR count). The van der Waals surface area contributed by atoms with Gasteiger partial charge in [0, 0.05) is 29.8 Å². The summed E-state index contributed by atoms with van der Waals surface area (Å²) in [5.74, 6) is 0.0782. The number of halogens is 1. The zero-order valence-electron chi connectivity index (χ0n) is 11.9. The number of amides is 1. The Labute approximate surface area is 120 Å². The molecule has 19 heavy (non-hydrogen) atoms. The average molecular weight is 281 g/mol. The van der Waals surface area contributed by atoms with Crippen LogP contribution in [0.4, 0.5) is 0 Å². The van der Waals surface area contributed by atoms with Gasteiger partial charge in [-0.1, -0.05) is 32.4 Å². The molecule has 1 amide bonds. The Morgan fingerprint density at radius 3 is 2.42 bits per heavy atom. The summed E-state index contributed by atoms with van der Waals surface area (Å²) in [6.07, 6.45) is 3.40. The van der Waals surface area contributed by atoms with Gasteiger partial charge in [0.1, 0.15) is 5.15 Å². The zero-order chi connectivity index (χ0) is 14.0. The Balaban J connectivity index is 2.28. The van der Waals surface area contributed by atoms with Crippen LogP contribution in [0.2, 0.25) is 5.15 Å². The van der Waals surface area contributed by atoms with Crippen LogP contribution in [0.3, 0.4) is 0 Å². The summed E-state index contributed by atoms with van der Waals surface area (Å²) in [4.78, 5) is 18.7. The van der Waals surface area contributed by atoms with Gasteiger partial charge in [-0.3, -0.25) is 4.79 Å². The van der Waals surface area contributed by atoms with Crippen molar-refractivity contribution >= 4 is 17.5 Å². The fraction of sp³-hybridized carbons (Fsp3) is 0.600. The first-order valence-electron chi connectivity index (χ1n) is 6.85. The Morgan fingerprint density at radius 1 is 1.21 bits per heavy atom. The molecular formula is C15H21ClN2O. The van der Waals surface area contributed by atoms with Crippen LogP contribution in [0.1, 0.15) is 56.1 Å². The number of pyridine rings is 1. The van der Waals surface area contributed by atoms with Gasteiger partial charge in [0.05, 0.1) is 0 Å². The van der Waals surface area contributed by atoms with Crippen molar-refractivity contribution in [3.63, 3.8) is 0 Å². The molecule has 0 spiro atoms. The lowest BCUT2D eigenvalue weighted by atomic mass is 9.90. The molecule has 0 radical (unpaired) electrons. The quantitative estimate of drug-likeness (QED) is 0.736. The standard InChI is InChI=1S/C15H21ClN2O/c1-15(2,3)12-9-11(10-13(16)17-12)14(19)18-7-5-4-6-8-18/h9-10H,4-8H2,1-3H3. The number of nitrogens with zero attached hydrogens (tertiary/aromatic N) is 2. The summed E-state index contributed by atoms with van der Waals surface area (Å²) >= 11 is 6.06. The van der Waals surface area contributed by atoms with Crippen molar-refractivity contribution in [1.82, 2.24) is 9.88 Å². The summed E-state index contributed by atoms with van der Waals surface area (Å²) in [7, 11) is 0. The SMILES string of the molecule is CC(C)(C)c1cc(C(=O)N2CCCCC2)cc(Cl)n1. The van der Waals surface area contributed by atoms with Crippen molar-refractivity contribution in [3.8, 4) is 0 Å². The molecule has 1 saturated heterocycles. The Kier molecular flexibility index (Phi) is 4.14. The normalized spacial score (nSPS) is 16.5. The Morgan fingerprint density at radius 2 is 1.84 bits per heavy atom. The van der Waals surface area contributed by atoms with Crippen LogP contribution in [0.15, 0.2) is 12.1 Å². The smallest absolute Gasteiger partial charge is 0.254 e. The summed E-state index contributed by atoms with van der Waals surface area (Å²) in [6.45, 7) is 7.91. The molecule has 0 bridgehead atoms. The maximum absolute atomic E-state index is 12.5. The minimum Gasteiger partial charge on any atom is -0.339 e. The van der Waals surface area contributed by atoms with Crippen molar-refractivity contribution in [1.29, 1.82) is 0 Å². The van der Waals surface area contributed by atoms with E-state index in [0.29, 0.717) is 10.7 Å². The number of hydrogen-bond acceptors (Lipinski definition) is 2. The fourth-order valence-corrected chi connectivity index (χ4v) is 2.49. The van der Waals surface area contributed by atoms with Crippen LogP contribution < -0.4 is 0 Å². The number of carbonyl (C=O) groups is 1. The Bertz CT molecular complexity index is 474. The molecule has 1 fully saturated rings. The summed E-state index contributed by atoms with van der Waals surface area (Å²) in [5.41, 5.74) is 1.41. The number of aromatic nitrogens is 1. The third-order valence-corrected chi connectivity index (χ3v) is 3.65. The predicted molar refractivity (Wildman–Crippen MR) is 77.7 cm³/mol. The number of piperidine rings is 1. The maximum Gasteiger partial charge on any atom is 0.254 e. The van der Waals surface area contributed by atoms with Gasteiger partial charge in [-0.15, -0.1) is 0 Å². The van der Waals surface area contributed by atoms with E-state index < -0.39 is 0 Å². The topological polar surface area (TPSA) is 33.2 Å². The first-order valence-corrected chi connectivity index (χ1v) is 7.23. The van der Waals surface area contributed by atoms with Gasteiger partial charge in [-0.2, -0.15) is 0 Å². The molecule has 0 N–H and O–H groups in total. The first kappa shape index (κ1) is 14.3. The van der Waals surface area contributed by atoms with E-state index in [4.69, 9.17) is 11.6 Å². The van der Waals surface area contributed by atoms with Gasteiger partial charge in [0.15, 0.2) is 0 Å². The molecule has 0 aliphatic carbocycles. The van der Waals surface area contributed by atoms with Crippen molar-refractivity contribution in [2.45, 2.75) is 45.4 Å². The monoisotopic (exact) mass is 280 g/mol. The highest BCUT2D eigenvalue weighted by molar-refractivity contribution is 6.29. The minimum atomic E-state index is -0.109. The largest absolute Gasteiger partial charge is 0.339 e. The van der Waals surface area contributed by atoms with Crippen molar-refractivity contribution in [2.24, 2.45) is 0 Å². The third kappa shape index (κ3) is 3.47. The Hall–Kier alpha value is -1.09. The van der Waals surface area contributed by atoms with Crippen molar-refractivity contribution in [2.75, 3.05) is 13.1 Å². The highest BCUT2D eigenvalue weighted by atomic mass is 35.5. The van der Waals surface area contributed by atoms with Gasteiger partial charge in [-0.05, 0) is 31.4 Å². The maximum atomic E-state index is 12.5. The van der Waals surface area contributed by atoms with Gasteiger partial charge in [0.2, 0.25) is 0 Å². The van der Waals surface area contributed by atoms with Crippen LogP contribution in [0.5, 0.6) is 0 Å². The molecule has 3 nitrogen and oxygen atoms in total. The van der Waals surface area contributed by atoms with E-state index in [9.17, 15) is 4.79 Å². The molecule has 0 atom stereocenters. The number of rotatable bonds is 1. The molecule has 0 aromatic carbocycles. The second-order valence-electron chi connectivity index (χ2n) is 6.17. The van der Waals surface area contributed by atoms with E-state index in [-0.39, 0.29) is 11.3 Å². The first-order chi connectivity index (χ1) is 8.88. The summed E-state index contributed by atoms with van der Waals surface area (Å²) in [5, 5.41) is 0.396. The number of carbonyl (C=O) groups excluding carboxylic acids is 1. The van der Waals surface area contributed by atoms with Gasteiger partial charge in [0.25, 0.3) is 5.91 Å². The second-order valence-corrected chi connectivity index (χ2v) is 6.55. The highest BCUT2D eigenvalue weighted by Crippen LogP contribution is 2.24. The van der Waals surface area contributed by atoms with Crippen LogP contribution in [-0.4, -0.2) is 28.9 Å². The molecule has 104 valence electrons. The highest BCUT2D eigenvalue weighted by Gasteiger charge is 2.22. The minimum absolute atomic E-state index is 0.0782. The number of hydrogen-bond donors (Lipinski definition) is 0. The second kappa shape index (κ2) is 5.49. The molecule has 1 aliphatic heterocycles. The van der Waals surface area contributed by atoms with E-state index in [1.165, 1.54) is 6.42 Å². The zero-order valence-corrected chi connectivity index (χ0v) is 12.6. The van der Waals surface area contributed by atoms with Gasteiger partial charge >= 0.3 is 0 Å². The molecule has 2 heterocycles. The fourth-order valence-electron chi connectivity index (χ4n) is 2.28. The van der Waals surface area contributed by atoms with Crippen molar-refractivity contribution in [3.05, 3.63) is 28.5 Å². The van der Waals surface area contributed by atoms with E-state index in [1.807, 2.05) is 11.0 Å². The molecule has 1 aromatic heterocycles. The van der Waals surface area contributed by atoms with Gasteiger partial charge in [-0.25, -0.2) is 4.98 Å². The lowest BCUT2D eigenvalue weighted by Gasteiger charge is -2.27. The molecule has 4 heteroatoms. The average Bonchev–Trinajstić information content (AvgIpc) is 2.37. The predicted octanol–water partition coefficient (Wildman–Crippen LogP) is 3.66. The molecule has 1 aromatic rings. The van der Waals surface area contributed by atoms with Crippen LogP contribution in [0.25, 0.3) is 0 Å². The van der Waals surface area contributed by atoms with E-state index in [0.717, 1.165) is 31.6 Å². The lowest BCUT2D eigenvalue weighted by Crippen LogP contribution is -2.35.